The smallest absolute Gasteiger partial charge is 0.123 e. The number of halogens is 1. The molecule has 1 atom stereocenters. The van der Waals surface area contributed by atoms with Crippen LogP contribution < -0.4 is 4.74 Å². The Balaban J connectivity index is 1.39. The zero-order chi connectivity index (χ0) is 15.2. The topological polar surface area (TPSA) is 12.5 Å². The summed E-state index contributed by atoms with van der Waals surface area (Å²) in [5.41, 5.74) is 1.23. The fourth-order valence-electron chi connectivity index (χ4n) is 3.05. The molecule has 1 aliphatic heterocycles. The molecule has 0 amide bonds. The third kappa shape index (κ3) is 4.31. The number of rotatable bonds is 6. The van der Waals surface area contributed by atoms with Crippen LogP contribution in [0.5, 0.6) is 5.75 Å². The van der Waals surface area contributed by atoms with Crippen LogP contribution in [0.2, 0.25) is 0 Å². The molecule has 1 fully saturated rings. The average molecular weight is 299 g/mol. The Hall–Kier alpha value is -1.87. The van der Waals surface area contributed by atoms with Gasteiger partial charge in [-0.05, 0) is 55.1 Å². The van der Waals surface area contributed by atoms with E-state index >= 15 is 0 Å². The fraction of sp³-hybridized carbons (Fsp3) is 0.368. The molecule has 0 bridgehead atoms. The van der Waals surface area contributed by atoms with Crippen molar-refractivity contribution in [3.8, 4) is 5.75 Å². The van der Waals surface area contributed by atoms with Crippen LogP contribution in [0.4, 0.5) is 4.39 Å². The number of benzene rings is 2. The van der Waals surface area contributed by atoms with Gasteiger partial charge in [0.2, 0.25) is 0 Å². The van der Waals surface area contributed by atoms with Crippen molar-refractivity contribution in [1.82, 2.24) is 4.90 Å². The number of nitrogens with zero attached hydrogens (tertiary/aromatic N) is 1. The summed E-state index contributed by atoms with van der Waals surface area (Å²) >= 11 is 0. The molecule has 1 unspecified atom stereocenters. The fourth-order valence-corrected chi connectivity index (χ4v) is 3.05. The van der Waals surface area contributed by atoms with Gasteiger partial charge in [-0.2, -0.15) is 0 Å². The van der Waals surface area contributed by atoms with E-state index in [4.69, 9.17) is 4.74 Å². The van der Waals surface area contributed by atoms with E-state index < -0.39 is 0 Å². The molecule has 116 valence electrons. The van der Waals surface area contributed by atoms with Gasteiger partial charge in [0, 0.05) is 13.1 Å². The molecule has 3 heteroatoms. The molecular formula is C19H22FNO. The Morgan fingerprint density at radius 3 is 2.59 bits per heavy atom. The van der Waals surface area contributed by atoms with Crippen molar-refractivity contribution in [1.29, 1.82) is 0 Å². The van der Waals surface area contributed by atoms with Crippen LogP contribution in [0, 0.1) is 11.7 Å². The van der Waals surface area contributed by atoms with Crippen molar-refractivity contribution in [3.63, 3.8) is 0 Å². The van der Waals surface area contributed by atoms with Gasteiger partial charge < -0.3 is 4.74 Å². The molecule has 3 rings (SSSR count). The molecular weight excluding hydrogens is 277 g/mol. The molecule has 0 N–H and O–H groups in total. The molecule has 2 aromatic carbocycles. The van der Waals surface area contributed by atoms with Gasteiger partial charge in [-0.3, -0.25) is 4.90 Å². The summed E-state index contributed by atoms with van der Waals surface area (Å²) in [5.74, 6) is 1.45. The maximum absolute atomic E-state index is 12.9. The van der Waals surface area contributed by atoms with Gasteiger partial charge in [0.25, 0.3) is 0 Å². The van der Waals surface area contributed by atoms with E-state index in [0.29, 0.717) is 5.92 Å². The zero-order valence-electron chi connectivity index (χ0n) is 12.7. The maximum Gasteiger partial charge on any atom is 0.123 e. The van der Waals surface area contributed by atoms with E-state index in [1.807, 2.05) is 42.5 Å². The molecule has 0 radical (unpaired) electrons. The standard InChI is InChI=1S/C19H22FNO/c20-18-8-6-16(7-9-18)14-17-10-11-21(15-17)12-13-22-19-4-2-1-3-5-19/h1-9,17H,10-15H2. The summed E-state index contributed by atoms with van der Waals surface area (Å²) in [6.07, 6.45) is 2.25. The third-order valence-electron chi connectivity index (χ3n) is 4.23. The quantitative estimate of drug-likeness (QED) is 0.805. The normalized spacial score (nSPS) is 18.5. The van der Waals surface area contributed by atoms with Gasteiger partial charge in [0.1, 0.15) is 18.2 Å². The van der Waals surface area contributed by atoms with Gasteiger partial charge in [-0.25, -0.2) is 4.39 Å². The first-order valence-corrected chi connectivity index (χ1v) is 7.94. The zero-order valence-corrected chi connectivity index (χ0v) is 12.7. The minimum atomic E-state index is -0.158. The highest BCUT2D eigenvalue weighted by Crippen LogP contribution is 2.21. The first-order valence-electron chi connectivity index (χ1n) is 7.94. The molecule has 1 heterocycles. The van der Waals surface area contributed by atoms with Gasteiger partial charge in [-0.1, -0.05) is 30.3 Å². The lowest BCUT2D eigenvalue weighted by Gasteiger charge is -2.16. The van der Waals surface area contributed by atoms with Crippen LogP contribution in [0.1, 0.15) is 12.0 Å². The Morgan fingerprint density at radius 1 is 1.05 bits per heavy atom. The van der Waals surface area contributed by atoms with E-state index in [1.165, 1.54) is 12.0 Å². The highest BCUT2D eigenvalue weighted by Gasteiger charge is 2.22. The van der Waals surface area contributed by atoms with Crippen LogP contribution in [0.25, 0.3) is 0 Å². The molecule has 2 aromatic rings. The van der Waals surface area contributed by atoms with E-state index in [9.17, 15) is 4.39 Å². The van der Waals surface area contributed by atoms with Gasteiger partial charge in [-0.15, -0.1) is 0 Å². The molecule has 2 nitrogen and oxygen atoms in total. The van der Waals surface area contributed by atoms with E-state index in [2.05, 4.69) is 4.90 Å². The van der Waals surface area contributed by atoms with Gasteiger partial charge >= 0.3 is 0 Å². The first-order chi connectivity index (χ1) is 10.8. The predicted molar refractivity (Wildman–Crippen MR) is 86.6 cm³/mol. The predicted octanol–water partition coefficient (Wildman–Crippen LogP) is 3.77. The number of ether oxygens (including phenoxy) is 1. The Labute approximate surface area is 131 Å². The third-order valence-corrected chi connectivity index (χ3v) is 4.23. The number of hydrogen-bond acceptors (Lipinski definition) is 2. The van der Waals surface area contributed by atoms with Crippen molar-refractivity contribution < 1.29 is 9.13 Å². The molecule has 1 aliphatic rings. The highest BCUT2D eigenvalue weighted by atomic mass is 19.1. The first kappa shape index (κ1) is 15.0. The monoisotopic (exact) mass is 299 g/mol. The van der Waals surface area contributed by atoms with Crippen molar-refractivity contribution in [2.45, 2.75) is 12.8 Å². The van der Waals surface area contributed by atoms with Crippen LogP contribution in [0.3, 0.4) is 0 Å². The Morgan fingerprint density at radius 2 is 1.82 bits per heavy atom. The number of likely N-dealkylation sites (tertiary alicyclic amines) is 1. The summed E-state index contributed by atoms with van der Waals surface area (Å²) in [6.45, 7) is 3.93. The molecule has 1 saturated heterocycles. The lowest BCUT2D eigenvalue weighted by atomic mass is 9.99. The van der Waals surface area contributed by atoms with Crippen molar-refractivity contribution in [2.24, 2.45) is 5.92 Å². The summed E-state index contributed by atoms with van der Waals surface area (Å²) in [5, 5.41) is 0. The Bertz CT molecular complexity index is 570. The summed E-state index contributed by atoms with van der Waals surface area (Å²) < 4.78 is 18.7. The molecule has 0 aromatic heterocycles. The molecule has 0 saturated carbocycles. The van der Waals surface area contributed by atoms with E-state index in [-0.39, 0.29) is 5.82 Å². The minimum Gasteiger partial charge on any atom is -0.492 e. The minimum absolute atomic E-state index is 0.158. The summed E-state index contributed by atoms with van der Waals surface area (Å²) in [6, 6.07) is 16.8. The summed E-state index contributed by atoms with van der Waals surface area (Å²) in [4.78, 5) is 2.46. The van der Waals surface area contributed by atoms with Crippen molar-refractivity contribution >= 4 is 0 Å². The number of para-hydroxylation sites is 1. The van der Waals surface area contributed by atoms with Gasteiger partial charge in [0.15, 0.2) is 0 Å². The van der Waals surface area contributed by atoms with Crippen LogP contribution >= 0.6 is 0 Å². The van der Waals surface area contributed by atoms with E-state index in [0.717, 1.165) is 38.4 Å². The highest BCUT2D eigenvalue weighted by molar-refractivity contribution is 5.21. The van der Waals surface area contributed by atoms with Crippen LogP contribution in [-0.2, 0) is 6.42 Å². The van der Waals surface area contributed by atoms with Crippen LogP contribution in [-0.4, -0.2) is 31.1 Å². The largest absolute Gasteiger partial charge is 0.492 e. The lowest BCUT2D eigenvalue weighted by molar-refractivity contribution is 0.232. The van der Waals surface area contributed by atoms with Crippen molar-refractivity contribution in [3.05, 3.63) is 66.0 Å². The van der Waals surface area contributed by atoms with Gasteiger partial charge in [0.05, 0.1) is 0 Å². The maximum atomic E-state index is 12.9. The second-order valence-corrected chi connectivity index (χ2v) is 5.95. The van der Waals surface area contributed by atoms with E-state index in [1.54, 1.807) is 12.1 Å². The molecule has 0 aliphatic carbocycles. The SMILES string of the molecule is Fc1ccc(CC2CCN(CCOc3ccccc3)C2)cc1. The second kappa shape index (κ2) is 7.41. The average Bonchev–Trinajstić information content (AvgIpc) is 2.98. The molecule has 22 heavy (non-hydrogen) atoms. The van der Waals surface area contributed by atoms with Crippen molar-refractivity contribution in [2.75, 3.05) is 26.2 Å². The van der Waals surface area contributed by atoms with Crippen LogP contribution in [0.15, 0.2) is 54.6 Å². The second-order valence-electron chi connectivity index (χ2n) is 5.95. The summed E-state index contributed by atoms with van der Waals surface area (Å²) in [7, 11) is 0. The number of hydrogen-bond donors (Lipinski definition) is 0. The lowest BCUT2D eigenvalue weighted by Crippen LogP contribution is -2.26. The molecule has 0 spiro atoms. The Kier molecular flexibility index (Phi) is 5.07.